The van der Waals surface area contributed by atoms with Crippen molar-refractivity contribution in [3.8, 4) is 11.5 Å². The van der Waals surface area contributed by atoms with Gasteiger partial charge in [0, 0.05) is 24.6 Å². The van der Waals surface area contributed by atoms with Gasteiger partial charge in [0.15, 0.2) is 16.7 Å². The van der Waals surface area contributed by atoms with Gasteiger partial charge in [-0.3, -0.25) is 9.59 Å². The first-order valence-electron chi connectivity index (χ1n) is 12.0. The molecule has 6 rings (SSSR count). The van der Waals surface area contributed by atoms with Crippen LogP contribution in [0.15, 0.2) is 82.9 Å². The number of hydrogen-bond donors (Lipinski definition) is 1. The largest absolute Gasteiger partial charge is 0.454 e. The Bertz CT molecular complexity index is 1420. The van der Waals surface area contributed by atoms with Crippen LogP contribution in [0.5, 0.6) is 11.5 Å². The van der Waals surface area contributed by atoms with Crippen LogP contribution in [0, 0.1) is 6.92 Å². The minimum absolute atomic E-state index is 0.00321. The number of ether oxygens (including phenoxy) is 2. The molecular weight excluding hydrogens is 488 g/mol. The Morgan fingerprint density at radius 3 is 2.65 bits per heavy atom. The van der Waals surface area contributed by atoms with Crippen molar-refractivity contribution in [1.82, 2.24) is 5.01 Å². The zero-order valence-corrected chi connectivity index (χ0v) is 20.9. The number of amidine groups is 1. The van der Waals surface area contributed by atoms with E-state index in [0.29, 0.717) is 28.8 Å². The smallest absolute Gasteiger partial charge is 0.262 e. The van der Waals surface area contributed by atoms with Crippen molar-refractivity contribution >= 4 is 40.1 Å². The summed E-state index contributed by atoms with van der Waals surface area (Å²) in [5, 5.41) is 9.47. The summed E-state index contributed by atoms with van der Waals surface area (Å²) >= 11 is 1.29. The maximum Gasteiger partial charge on any atom is 0.262 e. The zero-order valence-electron chi connectivity index (χ0n) is 20.1. The Morgan fingerprint density at radius 2 is 1.84 bits per heavy atom. The first-order chi connectivity index (χ1) is 18.0. The molecule has 0 saturated carbocycles. The predicted molar refractivity (Wildman–Crippen MR) is 143 cm³/mol. The van der Waals surface area contributed by atoms with Crippen LogP contribution in [-0.2, 0) is 9.59 Å². The van der Waals surface area contributed by atoms with E-state index in [0.717, 1.165) is 16.8 Å². The van der Waals surface area contributed by atoms with Crippen molar-refractivity contribution < 1.29 is 19.1 Å². The van der Waals surface area contributed by atoms with Crippen LogP contribution >= 0.6 is 11.8 Å². The van der Waals surface area contributed by atoms with Crippen LogP contribution < -0.4 is 14.8 Å². The van der Waals surface area contributed by atoms with E-state index >= 15 is 0 Å². The van der Waals surface area contributed by atoms with Crippen molar-refractivity contribution in [3.05, 3.63) is 89.5 Å². The number of rotatable bonds is 5. The quantitative estimate of drug-likeness (QED) is 0.523. The van der Waals surface area contributed by atoms with Crippen LogP contribution in [-0.4, -0.2) is 39.7 Å². The molecule has 0 unspecified atom stereocenters. The molecule has 0 radical (unpaired) electrons. The summed E-state index contributed by atoms with van der Waals surface area (Å²) in [6, 6.07) is 23.5. The lowest BCUT2D eigenvalue weighted by molar-refractivity contribution is -0.121. The van der Waals surface area contributed by atoms with E-state index in [-0.39, 0.29) is 31.1 Å². The number of carbonyl (C=O) groups excluding carboxylic acids is 2. The molecule has 3 aromatic carbocycles. The Balaban J connectivity index is 1.18. The van der Waals surface area contributed by atoms with Crippen molar-refractivity contribution in [2.45, 2.75) is 31.1 Å². The van der Waals surface area contributed by atoms with E-state index in [4.69, 9.17) is 14.6 Å². The number of hydrogen-bond acceptors (Lipinski definition) is 7. The van der Waals surface area contributed by atoms with Crippen LogP contribution in [0.25, 0.3) is 0 Å². The maximum atomic E-state index is 12.8. The number of fused-ring (bicyclic) bond motifs is 1. The fourth-order valence-corrected chi connectivity index (χ4v) is 5.56. The third-order valence-corrected chi connectivity index (χ3v) is 7.57. The number of amides is 2. The SMILES string of the molecule is Cc1ccc([C@H]2CC(c3ccccc3)=NN2C2=NC(=O)[C@H](CC(=O)Nc3ccc4c(c3)OCO4)S2)cc1. The lowest BCUT2D eigenvalue weighted by Gasteiger charge is -2.23. The molecule has 37 heavy (non-hydrogen) atoms. The Labute approximate surface area is 218 Å². The van der Waals surface area contributed by atoms with Crippen LogP contribution in [0.2, 0.25) is 0 Å². The van der Waals surface area contributed by atoms with Gasteiger partial charge in [-0.05, 0) is 30.2 Å². The minimum Gasteiger partial charge on any atom is -0.454 e. The number of nitrogens with one attached hydrogen (secondary N) is 1. The Kier molecular flexibility index (Phi) is 6.13. The van der Waals surface area contributed by atoms with E-state index in [1.807, 2.05) is 35.3 Å². The Hall–Kier alpha value is -4.11. The van der Waals surface area contributed by atoms with Crippen molar-refractivity contribution in [1.29, 1.82) is 0 Å². The molecule has 0 aromatic heterocycles. The molecule has 2 atom stereocenters. The number of carbonyl (C=O) groups is 2. The zero-order chi connectivity index (χ0) is 25.4. The summed E-state index contributed by atoms with van der Waals surface area (Å²) in [6.07, 6.45) is 0.694. The van der Waals surface area contributed by atoms with Gasteiger partial charge < -0.3 is 14.8 Å². The molecule has 3 aliphatic rings. The lowest BCUT2D eigenvalue weighted by atomic mass is 9.98. The second-order valence-corrected chi connectivity index (χ2v) is 10.2. The predicted octanol–water partition coefficient (Wildman–Crippen LogP) is 4.90. The highest BCUT2D eigenvalue weighted by atomic mass is 32.2. The molecule has 9 heteroatoms. The summed E-state index contributed by atoms with van der Waals surface area (Å²) in [7, 11) is 0. The Morgan fingerprint density at radius 1 is 1.05 bits per heavy atom. The summed E-state index contributed by atoms with van der Waals surface area (Å²) in [6.45, 7) is 2.21. The fraction of sp³-hybridized carbons (Fsp3) is 0.214. The first-order valence-corrected chi connectivity index (χ1v) is 12.9. The molecule has 186 valence electrons. The number of anilines is 1. The van der Waals surface area contributed by atoms with Gasteiger partial charge in [-0.15, -0.1) is 0 Å². The van der Waals surface area contributed by atoms with Crippen LogP contribution in [0.3, 0.4) is 0 Å². The number of aryl methyl sites for hydroxylation is 1. The number of aliphatic imine (C=N–C) groups is 1. The molecule has 0 fully saturated rings. The molecule has 0 aliphatic carbocycles. The summed E-state index contributed by atoms with van der Waals surface area (Å²) < 4.78 is 10.7. The van der Waals surface area contributed by atoms with E-state index < -0.39 is 5.25 Å². The summed E-state index contributed by atoms with van der Waals surface area (Å²) in [5.74, 6) is 0.623. The van der Waals surface area contributed by atoms with Crippen molar-refractivity contribution in [2.75, 3.05) is 12.1 Å². The molecule has 3 heterocycles. The lowest BCUT2D eigenvalue weighted by Crippen LogP contribution is -2.25. The van der Waals surface area contributed by atoms with E-state index in [1.165, 1.54) is 17.3 Å². The van der Waals surface area contributed by atoms with Gasteiger partial charge in [0.1, 0.15) is 5.25 Å². The first kappa shape index (κ1) is 23.3. The van der Waals surface area contributed by atoms with Gasteiger partial charge in [-0.25, -0.2) is 5.01 Å². The van der Waals surface area contributed by atoms with E-state index in [9.17, 15) is 9.59 Å². The molecule has 0 spiro atoms. The third kappa shape index (κ3) is 4.82. The van der Waals surface area contributed by atoms with Gasteiger partial charge in [0.2, 0.25) is 12.7 Å². The molecular formula is C28H24N4O4S. The van der Waals surface area contributed by atoms with Gasteiger partial charge in [0.25, 0.3) is 5.91 Å². The number of thioether (sulfide) groups is 1. The molecule has 2 amide bonds. The van der Waals surface area contributed by atoms with E-state index in [1.54, 1.807) is 18.2 Å². The number of hydrazone groups is 1. The van der Waals surface area contributed by atoms with Gasteiger partial charge in [-0.2, -0.15) is 10.1 Å². The standard InChI is InChI=1S/C28H24N4O4S/c1-17-7-9-19(10-8-17)22-14-21(18-5-3-2-4-6-18)31-32(22)28-30-27(34)25(37-28)15-26(33)29-20-11-12-23-24(13-20)36-16-35-23/h2-13,22,25H,14-16H2,1H3,(H,29,33)/t22-,25+/m1/s1. The fourth-order valence-electron chi connectivity index (χ4n) is 4.50. The summed E-state index contributed by atoms with van der Waals surface area (Å²) in [4.78, 5) is 29.9. The topological polar surface area (TPSA) is 92.6 Å². The molecule has 8 nitrogen and oxygen atoms in total. The van der Waals surface area contributed by atoms with Crippen LogP contribution in [0.4, 0.5) is 5.69 Å². The average Bonchev–Trinajstić information content (AvgIpc) is 3.64. The number of nitrogens with zero attached hydrogens (tertiary/aromatic N) is 3. The molecule has 3 aliphatic heterocycles. The maximum absolute atomic E-state index is 12.8. The monoisotopic (exact) mass is 512 g/mol. The second kappa shape index (κ2) is 9.74. The highest BCUT2D eigenvalue weighted by molar-refractivity contribution is 8.15. The van der Waals surface area contributed by atoms with Crippen molar-refractivity contribution in [2.24, 2.45) is 10.1 Å². The highest BCUT2D eigenvalue weighted by Gasteiger charge is 2.39. The average molecular weight is 513 g/mol. The minimum atomic E-state index is -0.612. The highest BCUT2D eigenvalue weighted by Crippen LogP contribution is 2.39. The third-order valence-electron chi connectivity index (χ3n) is 6.43. The van der Waals surface area contributed by atoms with Gasteiger partial charge in [-0.1, -0.05) is 71.9 Å². The summed E-state index contributed by atoms with van der Waals surface area (Å²) in [5.41, 5.74) is 4.83. The molecule has 0 bridgehead atoms. The van der Waals surface area contributed by atoms with Gasteiger partial charge in [0.05, 0.1) is 11.8 Å². The molecule has 1 N–H and O–H groups in total. The van der Waals surface area contributed by atoms with Crippen LogP contribution in [0.1, 0.15) is 35.6 Å². The second-order valence-electron chi connectivity index (χ2n) is 9.05. The molecule has 3 aromatic rings. The molecule has 0 saturated heterocycles. The van der Waals surface area contributed by atoms with Gasteiger partial charge >= 0.3 is 0 Å². The van der Waals surface area contributed by atoms with Crippen molar-refractivity contribution in [3.63, 3.8) is 0 Å². The number of benzene rings is 3. The van der Waals surface area contributed by atoms with E-state index in [2.05, 4.69) is 41.5 Å². The normalized spacial score (nSPS) is 20.1.